The molecule has 0 saturated heterocycles. The molecule has 84 heavy (non-hydrogen) atoms. The standard InChI is InChI=1S/C77H67N6.Pt/c1-75(2,3)56-39-41-79-73(47-56)83-69-38-35-54(55-28-23-40-78-50-55)42-68(69)64-32-20-19-31-63(64)65-37-36-60(49-72(65)83)82(59-29-17-12-18-30-59)62-44-57(76(4,5)6)43-61(48-62)80-51-81(71-34-22-21-33-70(71)80)74-66(52-24-13-10-14-25-52)45-58(77(7,8)9)46-67(74)53-26-15-11-16-27-53;/h10-47,50-51H,1-9H3;/q-3;/i10D,11D,13D,14D,15D,16D,24D,25D,26D,27D;. The Morgan fingerprint density at radius 2 is 1.06 bits per heavy atom. The minimum Gasteiger partial charge on any atom is -0.493 e. The summed E-state index contributed by atoms with van der Waals surface area (Å²) >= 11 is 0. The van der Waals surface area contributed by atoms with E-state index in [1.807, 2.05) is 98.2 Å². The van der Waals surface area contributed by atoms with Gasteiger partial charge in [0.2, 0.25) is 0 Å². The van der Waals surface area contributed by atoms with Gasteiger partial charge in [-0.3, -0.25) is 4.98 Å². The first-order valence-electron chi connectivity index (χ1n) is 33.0. The van der Waals surface area contributed by atoms with E-state index in [9.17, 15) is 5.48 Å². The smallest absolute Gasteiger partial charge is 0.135 e. The molecule has 2 aliphatic heterocycles. The zero-order chi connectivity index (χ0) is 65.9. The number of rotatable bonds is 9. The molecule has 0 unspecified atom stereocenters. The molecule has 2 aromatic heterocycles. The van der Waals surface area contributed by atoms with Crippen molar-refractivity contribution < 1.29 is 34.8 Å². The molecule has 0 radical (unpaired) electrons. The van der Waals surface area contributed by atoms with E-state index >= 15 is 0 Å². The van der Waals surface area contributed by atoms with Gasteiger partial charge in [-0.15, -0.1) is 53.8 Å². The largest absolute Gasteiger partial charge is 0.493 e. The number of hydrogen-bond donors (Lipinski definition) is 0. The van der Waals surface area contributed by atoms with Gasteiger partial charge in [-0.2, -0.15) is 6.07 Å². The van der Waals surface area contributed by atoms with Gasteiger partial charge in [0.15, 0.2) is 0 Å². The van der Waals surface area contributed by atoms with Gasteiger partial charge in [0.05, 0.1) is 19.4 Å². The maximum absolute atomic E-state index is 9.49. The van der Waals surface area contributed by atoms with Crippen molar-refractivity contribution in [1.82, 2.24) is 9.97 Å². The van der Waals surface area contributed by atoms with Crippen LogP contribution in [0.5, 0.6) is 0 Å². The molecule has 418 valence electrons. The molecule has 0 aliphatic carbocycles. The molecule has 13 rings (SSSR count). The van der Waals surface area contributed by atoms with Crippen molar-refractivity contribution in [2.24, 2.45) is 0 Å². The second kappa shape index (κ2) is 22.1. The van der Waals surface area contributed by atoms with Crippen LogP contribution in [0, 0.1) is 18.8 Å². The Labute approximate surface area is 525 Å². The third-order valence-corrected chi connectivity index (χ3v) is 15.6. The summed E-state index contributed by atoms with van der Waals surface area (Å²) in [6.45, 7) is 20.8. The third-order valence-electron chi connectivity index (χ3n) is 15.6. The SMILES string of the molecule is [2H]c1c([2H])c([2H])c(-c2cc(C(C)(C)C)cc(-c3c([2H])c([2H])c([2H])c([2H])c3[2H])c2N2[CH-]N(c3[c-]c(N(c4[c-]c5c(cc4)-c4ccccc4-c4cc(-c6cccnc6)ccc4N5c4cc(C(C)(C)C)ccn4)c4ccccc4)cc(C(C)(C)C)c3)c3ccccc32)c([2H])c1[2H].[Pt]. The molecule has 0 N–H and O–H groups in total. The Bertz CT molecular complexity index is 4680. The van der Waals surface area contributed by atoms with Crippen LogP contribution in [-0.4, -0.2) is 9.97 Å². The number of aromatic nitrogens is 2. The summed E-state index contributed by atoms with van der Waals surface area (Å²) in [6, 6.07) is 56.0. The molecular weight excluding hydrogens is 1200 g/mol. The van der Waals surface area contributed by atoms with Crippen LogP contribution in [0.2, 0.25) is 0 Å². The topological polar surface area (TPSA) is 38.7 Å². The quantitative estimate of drug-likeness (QED) is 0.134. The van der Waals surface area contributed by atoms with Crippen LogP contribution in [0.25, 0.3) is 55.6 Å². The van der Waals surface area contributed by atoms with E-state index in [1.165, 1.54) is 0 Å². The van der Waals surface area contributed by atoms with Gasteiger partial charge in [0.25, 0.3) is 0 Å². The predicted molar refractivity (Wildman–Crippen MR) is 347 cm³/mol. The van der Waals surface area contributed by atoms with Crippen molar-refractivity contribution >= 4 is 57.0 Å². The summed E-state index contributed by atoms with van der Waals surface area (Å²) < 4.78 is 91.1. The van der Waals surface area contributed by atoms with Crippen molar-refractivity contribution in [3.63, 3.8) is 0 Å². The van der Waals surface area contributed by atoms with Gasteiger partial charge >= 0.3 is 0 Å². The van der Waals surface area contributed by atoms with Crippen LogP contribution in [0.3, 0.4) is 0 Å². The van der Waals surface area contributed by atoms with Crippen LogP contribution in [0.15, 0.2) is 237 Å². The van der Waals surface area contributed by atoms with E-state index in [4.69, 9.17) is 13.2 Å². The van der Waals surface area contributed by atoms with Crippen LogP contribution in [0.1, 0.15) is 92.7 Å². The first kappa shape index (κ1) is 44.7. The van der Waals surface area contributed by atoms with Gasteiger partial charge in [-0.1, -0.05) is 212 Å². The number of para-hydroxylation sites is 3. The van der Waals surface area contributed by atoms with Gasteiger partial charge in [0.1, 0.15) is 5.82 Å². The number of fused-ring (bicyclic) bond motifs is 6. The molecule has 0 saturated carbocycles. The second-order valence-electron chi connectivity index (χ2n) is 24.2. The van der Waals surface area contributed by atoms with Crippen LogP contribution < -0.4 is 19.6 Å². The first-order valence-corrected chi connectivity index (χ1v) is 28.0. The molecule has 0 atom stereocenters. The van der Waals surface area contributed by atoms with E-state index in [-0.39, 0.29) is 54.4 Å². The summed E-state index contributed by atoms with van der Waals surface area (Å²) in [5.41, 5.74) is 13.6. The van der Waals surface area contributed by atoms with E-state index in [0.29, 0.717) is 34.0 Å². The fourth-order valence-electron chi connectivity index (χ4n) is 11.1. The monoisotopic (exact) mass is 1280 g/mol. The maximum atomic E-state index is 9.49. The van der Waals surface area contributed by atoms with E-state index in [1.54, 1.807) is 18.3 Å². The normalized spacial score (nSPS) is 14.5. The molecule has 0 spiro atoms. The average Bonchev–Trinajstić information content (AvgIpc) is 1.56. The van der Waals surface area contributed by atoms with E-state index in [2.05, 4.69) is 166 Å². The van der Waals surface area contributed by atoms with Crippen molar-refractivity contribution in [1.29, 1.82) is 0 Å². The van der Waals surface area contributed by atoms with Crippen molar-refractivity contribution in [3.05, 3.63) is 272 Å². The summed E-state index contributed by atoms with van der Waals surface area (Å²) in [5, 5.41) is 0. The summed E-state index contributed by atoms with van der Waals surface area (Å²) in [5.74, 6) is 0.723. The number of hydrogen-bond acceptors (Lipinski definition) is 6. The molecule has 11 aromatic rings. The zero-order valence-electron chi connectivity index (χ0n) is 58.3. The fraction of sp³-hybridized carbons (Fsp3) is 0.156. The molecular formula is C77H67N6Pt-3. The average molecular weight is 1280 g/mol. The molecule has 6 nitrogen and oxygen atoms in total. The van der Waals surface area contributed by atoms with Gasteiger partial charge in [0, 0.05) is 84.7 Å². The van der Waals surface area contributed by atoms with Crippen molar-refractivity contribution in [2.75, 3.05) is 19.6 Å². The van der Waals surface area contributed by atoms with Crippen LogP contribution in [0.4, 0.5) is 57.0 Å². The molecule has 0 amide bonds. The number of benzene rings is 9. The van der Waals surface area contributed by atoms with Gasteiger partial charge in [-0.05, 0) is 116 Å². The summed E-state index contributed by atoms with van der Waals surface area (Å²) in [4.78, 5) is 17.9. The maximum Gasteiger partial charge on any atom is 0.135 e. The van der Waals surface area contributed by atoms with Gasteiger partial charge < -0.3 is 19.6 Å². The molecule has 9 aromatic carbocycles. The predicted octanol–water partition coefficient (Wildman–Crippen LogP) is 21.0. The number of nitrogens with zero attached hydrogens (tertiary/aromatic N) is 6. The van der Waals surface area contributed by atoms with Gasteiger partial charge in [-0.25, -0.2) is 4.98 Å². The Kier molecular flexibility index (Phi) is 11.7. The molecule has 7 heteroatoms. The minimum absolute atomic E-state index is 0. The van der Waals surface area contributed by atoms with E-state index < -0.39 is 71.3 Å². The summed E-state index contributed by atoms with van der Waals surface area (Å²) in [6.07, 6.45) is 5.55. The zero-order valence-corrected chi connectivity index (χ0v) is 50.6. The first-order chi connectivity index (χ1) is 44.2. The Hall–Kier alpha value is -8.83. The summed E-state index contributed by atoms with van der Waals surface area (Å²) in [7, 11) is 0. The molecule has 0 bridgehead atoms. The third kappa shape index (κ3) is 10.4. The Morgan fingerprint density at radius 1 is 0.452 bits per heavy atom. The van der Waals surface area contributed by atoms with Crippen molar-refractivity contribution in [2.45, 2.75) is 78.6 Å². The van der Waals surface area contributed by atoms with Crippen molar-refractivity contribution in [3.8, 4) is 55.6 Å². The molecule has 2 aliphatic rings. The molecule has 0 fully saturated rings. The van der Waals surface area contributed by atoms with Crippen LogP contribution >= 0.6 is 0 Å². The fourth-order valence-corrected chi connectivity index (χ4v) is 11.1. The van der Waals surface area contributed by atoms with E-state index in [0.717, 1.165) is 67.4 Å². The van der Waals surface area contributed by atoms with Crippen LogP contribution in [-0.2, 0) is 37.3 Å². The molecule has 4 heterocycles. The minimum atomic E-state index is -0.661. The Morgan fingerprint density at radius 3 is 1.69 bits per heavy atom. The Balaban J connectivity index is 0.00000848. The second-order valence-corrected chi connectivity index (χ2v) is 24.2. The number of anilines is 10. The number of pyridine rings is 2.